The van der Waals surface area contributed by atoms with E-state index in [0.29, 0.717) is 33.4 Å². The fraction of sp³-hybridized carbons (Fsp3) is 0.303. The maximum Gasteiger partial charge on any atom is 0.417 e. The number of nitrogens with one attached hydrogen (secondary N) is 2. The number of methoxy groups -OCH3 is 1. The first-order valence-corrected chi connectivity index (χ1v) is 15.6. The highest BCUT2D eigenvalue weighted by molar-refractivity contribution is 6.33. The fourth-order valence-corrected chi connectivity index (χ4v) is 8.31. The molecular weight excluding hydrogens is 676 g/mol. The van der Waals surface area contributed by atoms with Crippen molar-refractivity contribution in [2.45, 2.75) is 30.4 Å². The first-order chi connectivity index (χ1) is 22.8. The molecule has 10 nitrogen and oxygen atoms in total. The largest absolute Gasteiger partial charge is 0.504 e. The Kier molecular flexibility index (Phi) is 7.48. The zero-order chi connectivity index (χ0) is 34.3. The number of ether oxygens (including phenoxy) is 1. The van der Waals surface area contributed by atoms with Gasteiger partial charge >= 0.3 is 6.18 Å². The lowest BCUT2D eigenvalue weighted by atomic mass is 9.49. The van der Waals surface area contributed by atoms with E-state index in [9.17, 15) is 32.7 Å². The molecule has 1 saturated carbocycles. The van der Waals surface area contributed by atoms with Crippen LogP contribution in [0.1, 0.15) is 35.4 Å². The highest BCUT2D eigenvalue weighted by atomic mass is 35.5. The third kappa shape index (κ3) is 4.58. The Balaban J connectivity index is 1.46. The first kappa shape index (κ1) is 32.0. The number of anilines is 1. The van der Waals surface area contributed by atoms with Crippen molar-refractivity contribution in [1.29, 1.82) is 0 Å². The van der Waals surface area contributed by atoms with Crippen molar-refractivity contribution < 1.29 is 42.2 Å². The number of hydrazine groups is 1. The standard InChI is InChI=1S/C33H25Cl2F3N4O6/c1-48-23-4-2-3-19(26(23)43)25-17-9-10-18-24(29(45)40-28(18)44)20(17)12-21-30(46)42(31(47)32(21,25)14-5-7-16(34)8-6-14)41-27-22(35)11-15(13-39-27)33(36,37)38/h2-9,11,13,18,20-21,24-25,43H,10,12H2,1H3,(H,39,41)(H,40,44,45). The van der Waals surface area contributed by atoms with E-state index in [0.717, 1.165) is 0 Å². The monoisotopic (exact) mass is 700 g/mol. The van der Waals surface area contributed by atoms with Gasteiger partial charge in [-0.05, 0) is 48.6 Å². The number of pyridine rings is 1. The fourth-order valence-electron chi connectivity index (χ4n) is 7.98. The Morgan fingerprint density at radius 1 is 1.06 bits per heavy atom. The van der Waals surface area contributed by atoms with Crippen LogP contribution in [0.25, 0.3) is 0 Å². The van der Waals surface area contributed by atoms with E-state index in [1.807, 2.05) is 0 Å². The third-order valence-corrected chi connectivity index (χ3v) is 10.5. The molecule has 3 N–H and O–H groups in total. The normalized spacial score (nSPS) is 28.0. The van der Waals surface area contributed by atoms with Crippen LogP contribution in [0.3, 0.4) is 0 Å². The number of fused-ring (bicyclic) bond motifs is 4. The molecule has 1 aromatic heterocycles. The first-order valence-electron chi connectivity index (χ1n) is 14.8. The lowest BCUT2D eigenvalue weighted by Gasteiger charge is -2.50. The van der Waals surface area contributed by atoms with Gasteiger partial charge in [0, 0.05) is 22.7 Å². The van der Waals surface area contributed by atoms with Crippen LogP contribution in [0, 0.1) is 23.7 Å². The van der Waals surface area contributed by atoms with Crippen molar-refractivity contribution in [2.75, 3.05) is 12.5 Å². The van der Waals surface area contributed by atoms with Gasteiger partial charge in [-0.15, -0.1) is 0 Å². The number of aromatic hydroxyl groups is 1. The summed E-state index contributed by atoms with van der Waals surface area (Å²) < 4.78 is 45.4. The lowest BCUT2D eigenvalue weighted by Crippen LogP contribution is -2.53. The Labute approximate surface area is 280 Å². The highest BCUT2D eigenvalue weighted by Gasteiger charge is 2.70. The summed E-state index contributed by atoms with van der Waals surface area (Å²) in [7, 11) is 1.36. The van der Waals surface area contributed by atoms with Crippen LogP contribution in [-0.2, 0) is 30.8 Å². The van der Waals surface area contributed by atoms with Crippen LogP contribution in [0.15, 0.2) is 66.4 Å². The maximum atomic E-state index is 15.1. The molecule has 15 heteroatoms. The summed E-state index contributed by atoms with van der Waals surface area (Å²) in [6.07, 6.45) is -2.30. The average Bonchev–Trinajstić information content (AvgIpc) is 3.46. The highest BCUT2D eigenvalue weighted by Crippen LogP contribution is 2.65. The number of phenolic OH excluding ortho intramolecular Hbond substituents is 1. The molecule has 248 valence electrons. The molecule has 3 fully saturated rings. The predicted molar refractivity (Wildman–Crippen MR) is 165 cm³/mol. The summed E-state index contributed by atoms with van der Waals surface area (Å²) in [4.78, 5) is 59.3. The molecule has 0 spiro atoms. The van der Waals surface area contributed by atoms with Crippen molar-refractivity contribution in [3.05, 3.63) is 93.1 Å². The minimum absolute atomic E-state index is 0.0471. The zero-order valence-corrected chi connectivity index (χ0v) is 26.4. The van der Waals surface area contributed by atoms with Crippen molar-refractivity contribution >= 4 is 52.6 Å². The number of benzene rings is 2. The van der Waals surface area contributed by atoms with Crippen LogP contribution in [-0.4, -0.2) is 45.8 Å². The van der Waals surface area contributed by atoms with Gasteiger partial charge in [-0.3, -0.25) is 29.9 Å². The maximum absolute atomic E-state index is 15.1. The van der Waals surface area contributed by atoms with Gasteiger partial charge in [0.15, 0.2) is 17.3 Å². The van der Waals surface area contributed by atoms with Crippen LogP contribution in [0.5, 0.6) is 11.5 Å². The molecule has 2 aliphatic carbocycles. The smallest absolute Gasteiger partial charge is 0.417 e. The van der Waals surface area contributed by atoms with Crippen LogP contribution >= 0.6 is 23.2 Å². The molecule has 2 aliphatic heterocycles. The summed E-state index contributed by atoms with van der Waals surface area (Å²) in [5.74, 6) is -7.61. The molecule has 6 unspecified atom stereocenters. The quantitative estimate of drug-likeness (QED) is 0.238. The van der Waals surface area contributed by atoms with Crippen molar-refractivity contribution in [3.63, 3.8) is 0 Å². The number of alkyl halides is 3. The molecule has 4 amide bonds. The molecule has 3 aromatic rings. The van der Waals surface area contributed by atoms with E-state index in [4.69, 9.17) is 27.9 Å². The molecular formula is C33H25Cl2F3N4O6. The lowest BCUT2D eigenvalue weighted by molar-refractivity contribution is -0.139. The minimum Gasteiger partial charge on any atom is -0.504 e. The molecule has 0 bridgehead atoms. The summed E-state index contributed by atoms with van der Waals surface area (Å²) in [5, 5.41) is 14.5. The zero-order valence-electron chi connectivity index (χ0n) is 24.8. The molecule has 2 saturated heterocycles. The number of rotatable bonds is 5. The number of imide groups is 2. The van der Waals surface area contributed by atoms with Gasteiger partial charge in [-0.1, -0.05) is 59.1 Å². The van der Waals surface area contributed by atoms with Gasteiger partial charge in [0.1, 0.15) is 0 Å². The van der Waals surface area contributed by atoms with Gasteiger partial charge in [0.05, 0.1) is 40.9 Å². The molecule has 4 aliphatic rings. The van der Waals surface area contributed by atoms with Crippen LogP contribution in [0.4, 0.5) is 19.0 Å². The summed E-state index contributed by atoms with van der Waals surface area (Å²) in [6, 6.07) is 11.6. The van der Waals surface area contributed by atoms with E-state index < -0.39 is 75.4 Å². The summed E-state index contributed by atoms with van der Waals surface area (Å²) in [6.45, 7) is 0. The van der Waals surface area contributed by atoms with Crippen molar-refractivity contribution in [2.24, 2.45) is 23.7 Å². The second-order valence-electron chi connectivity index (χ2n) is 12.2. The van der Waals surface area contributed by atoms with Gasteiger partial charge in [0.2, 0.25) is 11.8 Å². The molecule has 2 aromatic carbocycles. The Morgan fingerprint density at radius 2 is 1.79 bits per heavy atom. The number of hydrogen-bond acceptors (Lipinski definition) is 8. The number of phenols is 1. The number of aromatic nitrogens is 1. The minimum atomic E-state index is -4.75. The number of amides is 4. The summed E-state index contributed by atoms with van der Waals surface area (Å²) in [5.41, 5.74) is 0.792. The number of para-hydroxylation sites is 1. The molecule has 0 radical (unpaired) electrons. The Hall–Kier alpha value is -4.62. The Bertz CT molecular complexity index is 1940. The number of halogens is 5. The number of carbonyl (C=O) groups excluding carboxylic acids is 4. The second-order valence-corrected chi connectivity index (χ2v) is 13.0. The topological polar surface area (TPSA) is 138 Å². The van der Waals surface area contributed by atoms with Crippen LogP contribution in [0.2, 0.25) is 10.0 Å². The molecule has 48 heavy (non-hydrogen) atoms. The molecule has 3 heterocycles. The van der Waals surface area contributed by atoms with Gasteiger partial charge in [-0.25, -0.2) is 4.98 Å². The van der Waals surface area contributed by atoms with Crippen molar-refractivity contribution in [3.8, 4) is 11.5 Å². The predicted octanol–water partition coefficient (Wildman–Crippen LogP) is 5.39. The SMILES string of the molecule is COc1cccc(C2C3=CCC4C(=O)NC(=O)C4C3CC3C(=O)N(Nc4ncc(C(F)(F)F)cc4Cl)C(=O)C32c2ccc(Cl)cc2)c1O. The van der Waals surface area contributed by atoms with Crippen LogP contribution < -0.4 is 15.5 Å². The van der Waals surface area contributed by atoms with E-state index in [1.165, 1.54) is 13.2 Å². The Morgan fingerprint density at radius 3 is 2.46 bits per heavy atom. The number of nitrogens with zero attached hydrogens (tertiary/aromatic N) is 2. The molecule has 6 atom stereocenters. The van der Waals surface area contributed by atoms with Gasteiger partial charge < -0.3 is 9.84 Å². The molecule has 7 rings (SSSR count). The van der Waals surface area contributed by atoms with E-state index in [2.05, 4.69) is 15.7 Å². The number of allylic oxidation sites excluding steroid dienone is 2. The van der Waals surface area contributed by atoms with Gasteiger partial charge in [-0.2, -0.15) is 18.2 Å². The van der Waals surface area contributed by atoms with Gasteiger partial charge in [0.25, 0.3) is 11.8 Å². The second kappa shape index (κ2) is 11.2. The number of carbonyl (C=O) groups is 4. The average molecular weight is 701 g/mol. The van der Waals surface area contributed by atoms with Crippen molar-refractivity contribution in [1.82, 2.24) is 15.3 Å². The number of hydrogen-bond donors (Lipinski definition) is 3. The van der Waals surface area contributed by atoms with E-state index in [1.54, 1.807) is 42.5 Å². The van der Waals surface area contributed by atoms with E-state index >= 15 is 4.79 Å². The van der Waals surface area contributed by atoms with E-state index in [-0.39, 0.29) is 35.7 Å². The summed E-state index contributed by atoms with van der Waals surface area (Å²) >= 11 is 12.4. The third-order valence-electron chi connectivity index (χ3n) is 9.96.